The van der Waals surface area contributed by atoms with Crippen molar-refractivity contribution >= 4 is 13.7 Å². The van der Waals surface area contributed by atoms with Crippen molar-refractivity contribution in [2.45, 2.75) is 283 Å². The molecule has 0 fully saturated rings. The number of phosphoric acid groups is 1. The van der Waals surface area contributed by atoms with Gasteiger partial charge < -0.3 is 19.8 Å². The second-order valence-corrected chi connectivity index (χ2v) is 22.1. The maximum absolute atomic E-state index is 13.0. The number of rotatable bonds is 52. The standard InChI is InChI=1S/C57H111N2O6P/c1-6-8-10-12-14-16-18-20-22-24-26-28-29-31-32-34-36-38-40-42-44-46-48-50-56(60)55(54-65-66(62,63)64-53-52-59(3,4)5)58-57(61)51-49-47-45-43-41-39-37-35-33-30-27-25-23-21-19-17-15-13-11-9-7-2/h9,11,15,17,48,50,55-56,60H,6-8,10,12-14,16,18-47,49,51-54H2,1-5H3,(H-,58,61,62,63)/p+1/b11-9-,17-15-,50-48+. The van der Waals surface area contributed by atoms with Crippen LogP contribution < -0.4 is 5.32 Å². The number of nitrogens with one attached hydrogen (secondary N) is 1. The smallest absolute Gasteiger partial charge is 0.387 e. The lowest BCUT2D eigenvalue weighted by Crippen LogP contribution is -2.45. The molecule has 0 radical (unpaired) electrons. The Labute approximate surface area is 410 Å². The molecule has 0 aliphatic carbocycles. The number of hydrogen-bond acceptors (Lipinski definition) is 5. The summed E-state index contributed by atoms with van der Waals surface area (Å²) >= 11 is 0. The molecule has 1 amide bonds. The van der Waals surface area contributed by atoms with Crippen LogP contribution in [0.15, 0.2) is 36.5 Å². The highest BCUT2D eigenvalue weighted by atomic mass is 31.2. The molecule has 0 aliphatic heterocycles. The molecule has 0 aliphatic rings. The van der Waals surface area contributed by atoms with E-state index < -0.39 is 20.0 Å². The summed E-state index contributed by atoms with van der Waals surface area (Å²) in [6, 6.07) is -0.846. The fraction of sp³-hybridized carbons (Fsp3) is 0.877. The van der Waals surface area contributed by atoms with Gasteiger partial charge in [-0.3, -0.25) is 13.8 Å². The summed E-state index contributed by atoms with van der Waals surface area (Å²) in [5, 5.41) is 13.9. The fourth-order valence-electron chi connectivity index (χ4n) is 8.43. The number of unbranched alkanes of at least 4 members (excludes halogenated alkanes) is 35. The molecule has 0 heterocycles. The highest BCUT2D eigenvalue weighted by Gasteiger charge is 2.27. The molecule has 390 valence electrons. The van der Waals surface area contributed by atoms with Crippen molar-refractivity contribution in [1.82, 2.24) is 5.32 Å². The lowest BCUT2D eigenvalue weighted by Gasteiger charge is -2.25. The number of aliphatic hydroxyl groups excluding tert-OH is 1. The van der Waals surface area contributed by atoms with Gasteiger partial charge in [-0.15, -0.1) is 0 Å². The summed E-state index contributed by atoms with van der Waals surface area (Å²) in [5.41, 5.74) is 0. The first kappa shape index (κ1) is 64.7. The van der Waals surface area contributed by atoms with Crippen LogP contribution in [0, 0.1) is 0 Å². The molecule has 3 unspecified atom stereocenters. The summed E-state index contributed by atoms with van der Waals surface area (Å²) in [5.74, 6) is -0.175. The van der Waals surface area contributed by atoms with Gasteiger partial charge in [0.15, 0.2) is 0 Å². The Hall–Kier alpha value is -1.28. The Morgan fingerprint density at radius 2 is 0.909 bits per heavy atom. The molecule has 8 nitrogen and oxygen atoms in total. The number of hydrogen-bond donors (Lipinski definition) is 3. The van der Waals surface area contributed by atoms with Crippen LogP contribution in [-0.2, 0) is 18.4 Å². The van der Waals surface area contributed by atoms with Crippen molar-refractivity contribution in [3.63, 3.8) is 0 Å². The summed E-state index contributed by atoms with van der Waals surface area (Å²) in [7, 11) is 1.58. The molecule has 0 aromatic heterocycles. The normalized spacial score (nSPS) is 14.2. The number of allylic oxidation sites excluding steroid dienone is 5. The van der Waals surface area contributed by atoms with E-state index in [1.54, 1.807) is 6.08 Å². The first-order valence-electron chi connectivity index (χ1n) is 28.4. The average molecular weight is 953 g/mol. The van der Waals surface area contributed by atoms with E-state index in [0.29, 0.717) is 17.4 Å². The van der Waals surface area contributed by atoms with Gasteiger partial charge in [0.1, 0.15) is 13.2 Å². The van der Waals surface area contributed by atoms with Crippen molar-refractivity contribution in [1.29, 1.82) is 0 Å². The zero-order chi connectivity index (χ0) is 48.5. The second-order valence-electron chi connectivity index (χ2n) is 20.6. The Kier molecular flexibility index (Phi) is 47.8. The SMILES string of the molecule is CC/C=C\C/C=C\CCCCCCCCCCCCCCCCC(=O)NC(COP(=O)(O)OCC[N+](C)(C)C)C(O)/C=C/CCCCCCCCCCCCCCCCCCCCCCC. The maximum atomic E-state index is 13.0. The first-order valence-corrected chi connectivity index (χ1v) is 29.9. The summed E-state index contributed by atoms with van der Waals surface area (Å²) < 4.78 is 23.7. The van der Waals surface area contributed by atoms with Gasteiger partial charge in [-0.2, -0.15) is 0 Å². The van der Waals surface area contributed by atoms with Gasteiger partial charge in [0, 0.05) is 6.42 Å². The number of nitrogens with zero attached hydrogens (tertiary/aromatic N) is 1. The summed E-state index contributed by atoms with van der Waals surface area (Å²) in [4.78, 5) is 23.3. The second kappa shape index (κ2) is 48.7. The minimum absolute atomic E-state index is 0.0624. The number of carbonyl (C=O) groups is 1. The van der Waals surface area contributed by atoms with Crippen molar-refractivity contribution in [3.8, 4) is 0 Å². The third-order valence-electron chi connectivity index (χ3n) is 12.9. The molecular weight excluding hydrogens is 840 g/mol. The van der Waals surface area contributed by atoms with E-state index in [-0.39, 0.29) is 19.1 Å². The van der Waals surface area contributed by atoms with Gasteiger partial charge in [-0.25, -0.2) is 4.57 Å². The Morgan fingerprint density at radius 1 is 0.530 bits per heavy atom. The van der Waals surface area contributed by atoms with Gasteiger partial charge in [0.25, 0.3) is 0 Å². The molecule has 0 spiro atoms. The quantitative estimate of drug-likeness (QED) is 0.0243. The maximum Gasteiger partial charge on any atom is 0.472 e. The summed E-state index contributed by atoms with van der Waals surface area (Å²) in [6.45, 7) is 4.75. The number of amides is 1. The van der Waals surface area contributed by atoms with E-state index in [4.69, 9.17) is 9.05 Å². The molecule has 0 aromatic rings. The number of quaternary nitrogens is 1. The first-order chi connectivity index (χ1) is 32.0. The number of carbonyl (C=O) groups excluding carboxylic acids is 1. The van der Waals surface area contributed by atoms with Crippen LogP contribution in [0.5, 0.6) is 0 Å². The third-order valence-corrected chi connectivity index (χ3v) is 13.9. The minimum Gasteiger partial charge on any atom is -0.387 e. The number of aliphatic hydroxyl groups is 1. The van der Waals surface area contributed by atoms with Crippen LogP contribution in [0.1, 0.15) is 271 Å². The molecule has 3 N–H and O–H groups in total. The predicted molar refractivity (Wildman–Crippen MR) is 286 cm³/mol. The lowest BCUT2D eigenvalue weighted by atomic mass is 10.0. The van der Waals surface area contributed by atoms with E-state index in [1.165, 1.54) is 199 Å². The van der Waals surface area contributed by atoms with Crippen molar-refractivity contribution in [2.75, 3.05) is 40.9 Å². The topological polar surface area (TPSA) is 105 Å². The molecule has 9 heteroatoms. The number of likely N-dealkylation sites (N-methyl/N-ethyl adjacent to an activating group) is 1. The van der Waals surface area contributed by atoms with Gasteiger partial charge in [0.2, 0.25) is 5.91 Å². The van der Waals surface area contributed by atoms with E-state index in [0.717, 1.165) is 51.4 Å². The highest BCUT2D eigenvalue weighted by molar-refractivity contribution is 7.47. The Bertz CT molecular complexity index is 1170. The molecule has 0 saturated heterocycles. The van der Waals surface area contributed by atoms with Crippen LogP contribution in [0.2, 0.25) is 0 Å². The van der Waals surface area contributed by atoms with Crippen molar-refractivity contribution < 1.29 is 32.9 Å². The van der Waals surface area contributed by atoms with Gasteiger partial charge in [-0.1, -0.05) is 256 Å². The Morgan fingerprint density at radius 3 is 1.32 bits per heavy atom. The minimum atomic E-state index is -4.35. The average Bonchev–Trinajstić information content (AvgIpc) is 3.28. The number of phosphoric ester groups is 1. The molecule has 0 bridgehead atoms. The third kappa shape index (κ3) is 50.6. The van der Waals surface area contributed by atoms with E-state index >= 15 is 0 Å². The van der Waals surface area contributed by atoms with Crippen molar-refractivity contribution in [2.24, 2.45) is 0 Å². The van der Waals surface area contributed by atoms with Crippen LogP contribution in [0.25, 0.3) is 0 Å². The molecular formula is C57H112N2O6P+. The van der Waals surface area contributed by atoms with E-state index in [9.17, 15) is 19.4 Å². The zero-order valence-electron chi connectivity index (χ0n) is 44.4. The molecule has 0 rings (SSSR count). The van der Waals surface area contributed by atoms with E-state index in [1.807, 2.05) is 27.2 Å². The molecule has 0 aromatic carbocycles. The predicted octanol–water partition coefficient (Wildman–Crippen LogP) is 17.0. The Balaban J connectivity index is 4.21. The van der Waals surface area contributed by atoms with Gasteiger partial charge >= 0.3 is 7.82 Å². The fourth-order valence-corrected chi connectivity index (χ4v) is 9.17. The van der Waals surface area contributed by atoms with Crippen LogP contribution in [0.3, 0.4) is 0 Å². The van der Waals surface area contributed by atoms with Gasteiger partial charge in [0.05, 0.1) is 39.9 Å². The summed E-state index contributed by atoms with van der Waals surface area (Å²) in [6.07, 6.45) is 62.4. The molecule has 0 saturated carbocycles. The lowest BCUT2D eigenvalue weighted by molar-refractivity contribution is -0.870. The van der Waals surface area contributed by atoms with E-state index in [2.05, 4.69) is 43.5 Å². The van der Waals surface area contributed by atoms with Crippen LogP contribution in [0.4, 0.5) is 0 Å². The molecule has 66 heavy (non-hydrogen) atoms. The monoisotopic (exact) mass is 952 g/mol. The van der Waals surface area contributed by atoms with Crippen LogP contribution >= 0.6 is 7.82 Å². The zero-order valence-corrected chi connectivity index (χ0v) is 45.3. The van der Waals surface area contributed by atoms with Crippen LogP contribution in [-0.4, -0.2) is 73.4 Å². The molecule has 3 atom stereocenters. The van der Waals surface area contributed by atoms with Gasteiger partial charge in [-0.05, 0) is 44.9 Å². The van der Waals surface area contributed by atoms with Crippen molar-refractivity contribution in [3.05, 3.63) is 36.5 Å². The largest absolute Gasteiger partial charge is 0.472 e. The highest BCUT2D eigenvalue weighted by Crippen LogP contribution is 2.43.